The summed E-state index contributed by atoms with van der Waals surface area (Å²) in [6, 6.07) is 12.6. The van der Waals surface area contributed by atoms with Gasteiger partial charge in [0.2, 0.25) is 5.95 Å². The maximum atomic E-state index is 12.6. The minimum atomic E-state index is -1.29. The minimum absolute atomic E-state index is 0.127. The molecule has 1 aromatic heterocycles. The van der Waals surface area contributed by atoms with Crippen molar-refractivity contribution in [1.82, 2.24) is 9.97 Å². The minimum Gasteiger partial charge on any atom is -0.383 e. The van der Waals surface area contributed by atoms with Crippen molar-refractivity contribution in [2.45, 2.75) is 9.79 Å². The Balaban J connectivity index is 2.08. The standard InChI is InChI=1S/C14H11BrN4OS/c15-8-1-3-9(4-2-8)21(20)10-5-6-12-11(7-10)13(16)19-14(17)18-12/h1-7H,(H4,16,17,18,19). The lowest BCUT2D eigenvalue weighted by Gasteiger charge is -2.06. The van der Waals surface area contributed by atoms with Gasteiger partial charge in [-0.15, -0.1) is 0 Å². The number of rotatable bonds is 2. The van der Waals surface area contributed by atoms with E-state index < -0.39 is 10.8 Å². The molecular formula is C14H11BrN4OS. The van der Waals surface area contributed by atoms with E-state index in [4.69, 9.17) is 11.5 Å². The summed E-state index contributed by atoms with van der Waals surface area (Å²) in [7, 11) is -1.29. The molecule has 1 heterocycles. The monoisotopic (exact) mass is 362 g/mol. The van der Waals surface area contributed by atoms with E-state index in [0.717, 1.165) is 4.47 Å². The van der Waals surface area contributed by atoms with Gasteiger partial charge < -0.3 is 11.5 Å². The third-order valence-electron chi connectivity index (χ3n) is 2.96. The average molecular weight is 363 g/mol. The summed E-state index contributed by atoms with van der Waals surface area (Å²) in [4.78, 5) is 9.39. The number of halogens is 1. The van der Waals surface area contributed by atoms with Crippen molar-refractivity contribution in [3.05, 3.63) is 46.9 Å². The molecule has 0 saturated carbocycles. The Kier molecular flexibility index (Phi) is 3.60. The molecule has 2 aromatic carbocycles. The van der Waals surface area contributed by atoms with Crippen LogP contribution in [0.1, 0.15) is 0 Å². The van der Waals surface area contributed by atoms with Gasteiger partial charge in [-0.05, 0) is 42.5 Å². The quantitative estimate of drug-likeness (QED) is 0.730. The van der Waals surface area contributed by atoms with Crippen LogP contribution >= 0.6 is 15.9 Å². The molecule has 1 atom stereocenters. The van der Waals surface area contributed by atoms with Crippen LogP contribution in [0.3, 0.4) is 0 Å². The number of anilines is 2. The van der Waals surface area contributed by atoms with Gasteiger partial charge in [0.05, 0.1) is 16.3 Å². The maximum Gasteiger partial charge on any atom is 0.222 e. The van der Waals surface area contributed by atoms with Crippen LogP contribution in [-0.2, 0) is 10.8 Å². The Morgan fingerprint density at radius 3 is 2.33 bits per heavy atom. The van der Waals surface area contributed by atoms with E-state index in [0.29, 0.717) is 20.7 Å². The molecule has 21 heavy (non-hydrogen) atoms. The number of nitrogens with two attached hydrogens (primary N) is 2. The van der Waals surface area contributed by atoms with E-state index >= 15 is 0 Å². The van der Waals surface area contributed by atoms with E-state index in [9.17, 15) is 4.21 Å². The summed E-state index contributed by atoms with van der Waals surface area (Å²) >= 11 is 3.36. The van der Waals surface area contributed by atoms with Crippen LogP contribution in [0.2, 0.25) is 0 Å². The zero-order valence-electron chi connectivity index (χ0n) is 10.8. The third-order valence-corrected chi connectivity index (χ3v) is 4.87. The van der Waals surface area contributed by atoms with E-state index in [2.05, 4.69) is 25.9 Å². The highest BCUT2D eigenvalue weighted by Crippen LogP contribution is 2.25. The molecule has 0 radical (unpaired) electrons. The van der Waals surface area contributed by atoms with Crippen LogP contribution in [0.4, 0.5) is 11.8 Å². The van der Waals surface area contributed by atoms with Gasteiger partial charge in [-0.25, -0.2) is 9.19 Å². The Morgan fingerprint density at radius 2 is 1.62 bits per heavy atom. The van der Waals surface area contributed by atoms with Crippen molar-refractivity contribution < 1.29 is 4.21 Å². The first kappa shape index (κ1) is 14.0. The summed E-state index contributed by atoms with van der Waals surface area (Å²) in [5, 5.41) is 0.646. The molecule has 1 unspecified atom stereocenters. The number of benzene rings is 2. The summed E-state index contributed by atoms with van der Waals surface area (Å²) in [6.07, 6.45) is 0. The van der Waals surface area contributed by atoms with Crippen LogP contribution < -0.4 is 11.5 Å². The highest BCUT2D eigenvalue weighted by molar-refractivity contribution is 9.10. The maximum absolute atomic E-state index is 12.6. The molecule has 0 spiro atoms. The van der Waals surface area contributed by atoms with E-state index in [1.54, 1.807) is 18.2 Å². The smallest absolute Gasteiger partial charge is 0.222 e. The Hall–Kier alpha value is -1.99. The molecular weight excluding hydrogens is 352 g/mol. The van der Waals surface area contributed by atoms with Gasteiger partial charge in [0, 0.05) is 19.6 Å². The first-order valence-corrected chi connectivity index (χ1v) is 7.99. The molecule has 0 aliphatic carbocycles. The Labute approximate surface area is 132 Å². The number of nitrogens with zero attached hydrogens (tertiary/aromatic N) is 2. The zero-order valence-corrected chi connectivity index (χ0v) is 13.2. The highest BCUT2D eigenvalue weighted by atomic mass is 79.9. The summed E-state index contributed by atoms with van der Waals surface area (Å²) in [5.74, 6) is 0.411. The summed E-state index contributed by atoms with van der Waals surface area (Å²) in [6.45, 7) is 0. The van der Waals surface area contributed by atoms with Crippen molar-refractivity contribution in [2.75, 3.05) is 11.5 Å². The SMILES string of the molecule is Nc1nc(N)c2cc(S(=O)c3ccc(Br)cc3)ccc2n1. The Bertz CT molecular complexity index is 851. The fraction of sp³-hybridized carbons (Fsp3) is 0. The van der Waals surface area contributed by atoms with E-state index in [1.165, 1.54) is 0 Å². The second kappa shape index (κ2) is 5.42. The molecule has 4 N–H and O–H groups in total. The van der Waals surface area contributed by atoms with Gasteiger partial charge >= 0.3 is 0 Å². The molecule has 0 amide bonds. The predicted octanol–water partition coefficient (Wildman–Crippen LogP) is 2.72. The van der Waals surface area contributed by atoms with E-state index in [-0.39, 0.29) is 11.8 Å². The molecule has 5 nitrogen and oxygen atoms in total. The first-order chi connectivity index (χ1) is 10.0. The fourth-order valence-electron chi connectivity index (χ4n) is 1.96. The van der Waals surface area contributed by atoms with Gasteiger partial charge in [0.1, 0.15) is 5.82 Å². The second-order valence-electron chi connectivity index (χ2n) is 4.37. The first-order valence-electron chi connectivity index (χ1n) is 6.05. The number of aromatic nitrogens is 2. The van der Waals surface area contributed by atoms with E-state index in [1.807, 2.05) is 24.3 Å². The van der Waals surface area contributed by atoms with Crippen molar-refractivity contribution in [2.24, 2.45) is 0 Å². The van der Waals surface area contributed by atoms with Crippen molar-refractivity contribution in [3.63, 3.8) is 0 Å². The largest absolute Gasteiger partial charge is 0.383 e. The fourth-order valence-corrected chi connectivity index (χ4v) is 3.30. The lowest BCUT2D eigenvalue weighted by Crippen LogP contribution is -2.01. The number of hydrogen-bond acceptors (Lipinski definition) is 5. The number of hydrogen-bond donors (Lipinski definition) is 2. The number of nitrogen functional groups attached to an aromatic ring is 2. The lowest BCUT2D eigenvalue weighted by molar-refractivity contribution is 0.683. The van der Waals surface area contributed by atoms with Crippen LogP contribution in [0.25, 0.3) is 10.9 Å². The van der Waals surface area contributed by atoms with Gasteiger partial charge in [-0.1, -0.05) is 15.9 Å². The molecule has 0 bridgehead atoms. The molecule has 0 saturated heterocycles. The molecule has 0 fully saturated rings. The second-order valence-corrected chi connectivity index (χ2v) is 6.76. The molecule has 7 heteroatoms. The molecule has 0 aliphatic rings. The summed E-state index contributed by atoms with van der Waals surface area (Å²) < 4.78 is 13.5. The topological polar surface area (TPSA) is 94.9 Å². The summed E-state index contributed by atoms with van der Waals surface area (Å²) in [5.41, 5.74) is 12.0. The normalized spacial score (nSPS) is 12.4. The molecule has 3 aromatic rings. The van der Waals surface area contributed by atoms with Crippen molar-refractivity contribution in [1.29, 1.82) is 0 Å². The predicted molar refractivity (Wildman–Crippen MR) is 87.2 cm³/mol. The van der Waals surface area contributed by atoms with Gasteiger partial charge in [0.15, 0.2) is 0 Å². The molecule has 0 aliphatic heterocycles. The molecule has 106 valence electrons. The number of fused-ring (bicyclic) bond motifs is 1. The van der Waals surface area contributed by atoms with Crippen LogP contribution in [-0.4, -0.2) is 14.2 Å². The van der Waals surface area contributed by atoms with Crippen molar-refractivity contribution >= 4 is 49.4 Å². The van der Waals surface area contributed by atoms with Gasteiger partial charge in [0.25, 0.3) is 0 Å². The highest BCUT2D eigenvalue weighted by Gasteiger charge is 2.10. The van der Waals surface area contributed by atoms with Crippen LogP contribution in [0.5, 0.6) is 0 Å². The van der Waals surface area contributed by atoms with Crippen LogP contribution in [0.15, 0.2) is 56.7 Å². The van der Waals surface area contributed by atoms with Gasteiger partial charge in [-0.3, -0.25) is 0 Å². The van der Waals surface area contributed by atoms with Crippen LogP contribution in [0, 0.1) is 0 Å². The lowest BCUT2D eigenvalue weighted by atomic mass is 10.2. The zero-order chi connectivity index (χ0) is 15.0. The average Bonchev–Trinajstić information content (AvgIpc) is 2.47. The van der Waals surface area contributed by atoms with Gasteiger partial charge in [-0.2, -0.15) is 4.98 Å². The third kappa shape index (κ3) is 2.74. The Morgan fingerprint density at radius 1 is 0.952 bits per heavy atom. The van der Waals surface area contributed by atoms with Crippen molar-refractivity contribution in [3.8, 4) is 0 Å². The molecule has 3 rings (SSSR count).